The summed E-state index contributed by atoms with van der Waals surface area (Å²) in [6, 6.07) is 10.2. The van der Waals surface area contributed by atoms with Crippen molar-refractivity contribution >= 4 is 40.1 Å². The molecule has 2 aromatic carbocycles. The lowest BCUT2D eigenvalue weighted by molar-refractivity contribution is -0.152. The second-order valence-corrected chi connectivity index (χ2v) is 7.33. The predicted octanol–water partition coefficient (Wildman–Crippen LogP) is 2.86. The van der Waals surface area contributed by atoms with Crippen molar-refractivity contribution in [3.63, 3.8) is 0 Å². The average Bonchev–Trinajstić information content (AvgIpc) is 3.21. The number of nitrogens with one attached hydrogen (secondary N) is 1. The van der Waals surface area contributed by atoms with E-state index in [9.17, 15) is 14.4 Å². The van der Waals surface area contributed by atoms with Crippen molar-refractivity contribution < 1.29 is 23.8 Å². The molecule has 0 saturated heterocycles. The first-order valence-corrected chi connectivity index (χ1v) is 10.4. The third kappa shape index (κ3) is 4.30. The Morgan fingerprint density at radius 1 is 1.15 bits per heavy atom. The highest BCUT2D eigenvalue weighted by molar-refractivity contribution is 6.37. The van der Waals surface area contributed by atoms with Crippen LogP contribution in [0.15, 0.2) is 41.2 Å². The van der Waals surface area contributed by atoms with E-state index in [0.29, 0.717) is 46.9 Å². The minimum absolute atomic E-state index is 0.0988. The van der Waals surface area contributed by atoms with Gasteiger partial charge in [0.05, 0.1) is 31.7 Å². The van der Waals surface area contributed by atoms with Crippen LogP contribution in [0.4, 0.5) is 5.69 Å². The van der Waals surface area contributed by atoms with Gasteiger partial charge in [-0.3, -0.25) is 14.2 Å². The summed E-state index contributed by atoms with van der Waals surface area (Å²) >= 11 is 0. The maximum absolute atomic E-state index is 13.1. The summed E-state index contributed by atoms with van der Waals surface area (Å²) in [6.45, 7) is 2.23. The van der Waals surface area contributed by atoms with Crippen LogP contribution in [0.5, 0.6) is 11.5 Å². The second kappa shape index (κ2) is 9.15. The first kappa shape index (κ1) is 22.1. The molecule has 0 aliphatic carbocycles. The number of carbonyl (C=O) groups excluding carboxylic acids is 2. The largest absolute Gasteiger partial charge is 0.497 e. The Labute approximate surface area is 189 Å². The zero-order valence-corrected chi connectivity index (χ0v) is 18.5. The van der Waals surface area contributed by atoms with Crippen molar-refractivity contribution in [1.29, 1.82) is 0 Å². The fraction of sp³-hybridized carbons (Fsp3) is 0.250. The predicted molar refractivity (Wildman–Crippen MR) is 123 cm³/mol. The third-order valence-electron chi connectivity index (χ3n) is 5.33. The molecule has 0 spiro atoms. The van der Waals surface area contributed by atoms with Crippen LogP contribution in [-0.4, -0.2) is 42.3 Å². The van der Waals surface area contributed by atoms with E-state index < -0.39 is 11.9 Å². The zero-order valence-electron chi connectivity index (χ0n) is 18.5. The molecule has 1 amide bonds. The Morgan fingerprint density at radius 2 is 1.97 bits per heavy atom. The number of carbonyl (C=O) groups is 2. The maximum Gasteiger partial charge on any atom is 0.397 e. The molecule has 1 N–H and O–H groups in total. The van der Waals surface area contributed by atoms with Crippen molar-refractivity contribution in [2.24, 2.45) is 0 Å². The lowest BCUT2D eigenvalue weighted by Crippen LogP contribution is -2.25. The van der Waals surface area contributed by atoms with Crippen molar-refractivity contribution in [3.8, 4) is 11.5 Å². The van der Waals surface area contributed by atoms with E-state index >= 15 is 0 Å². The van der Waals surface area contributed by atoms with Gasteiger partial charge in [-0.25, -0.2) is 9.78 Å². The van der Waals surface area contributed by atoms with Crippen LogP contribution in [0.1, 0.15) is 24.7 Å². The minimum Gasteiger partial charge on any atom is -0.497 e. The maximum atomic E-state index is 13.1. The van der Waals surface area contributed by atoms with Crippen LogP contribution in [0.25, 0.3) is 22.6 Å². The van der Waals surface area contributed by atoms with Gasteiger partial charge in [-0.15, -0.1) is 0 Å². The summed E-state index contributed by atoms with van der Waals surface area (Å²) in [4.78, 5) is 41.3. The molecule has 170 valence electrons. The zero-order chi connectivity index (χ0) is 23.5. The van der Waals surface area contributed by atoms with Crippen LogP contribution in [0.3, 0.4) is 0 Å². The monoisotopic (exact) mass is 449 g/mol. The Balaban J connectivity index is 1.75. The standard InChI is InChI=1S/C24H23N3O6/c1-4-33-24(30)22(28)25-16-5-7-18-19(13-16)26-21-14(9-10-27(21)23(18)29)11-15-12-17(31-2)6-8-20(15)32-3/h5-8,11-13H,4,9-10H2,1-3H3,(H,25,28). The van der Waals surface area contributed by atoms with Gasteiger partial charge in [0, 0.05) is 17.8 Å². The first-order chi connectivity index (χ1) is 15.9. The average molecular weight is 449 g/mol. The van der Waals surface area contributed by atoms with E-state index in [0.717, 1.165) is 11.1 Å². The van der Waals surface area contributed by atoms with Crippen LogP contribution < -0.4 is 20.3 Å². The SMILES string of the molecule is CCOC(=O)C(=O)Nc1ccc2c(=O)n3c(nc2c1)C(=Cc1cc(OC)ccc1OC)CC3. The van der Waals surface area contributed by atoms with Gasteiger partial charge in [-0.05, 0) is 61.4 Å². The van der Waals surface area contributed by atoms with Gasteiger partial charge in [-0.2, -0.15) is 0 Å². The lowest BCUT2D eigenvalue weighted by Gasteiger charge is -2.10. The summed E-state index contributed by atoms with van der Waals surface area (Å²) in [5, 5.41) is 2.90. The van der Waals surface area contributed by atoms with E-state index in [4.69, 9.17) is 19.2 Å². The number of ether oxygens (including phenoxy) is 3. The van der Waals surface area contributed by atoms with E-state index in [2.05, 4.69) is 5.32 Å². The van der Waals surface area contributed by atoms with Gasteiger partial charge >= 0.3 is 11.9 Å². The number of rotatable bonds is 5. The van der Waals surface area contributed by atoms with Crippen LogP contribution >= 0.6 is 0 Å². The highest BCUT2D eigenvalue weighted by Gasteiger charge is 2.22. The smallest absolute Gasteiger partial charge is 0.397 e. The molecule has 0 unspecified atom stereocenters. The third-order valence-corrected chi connectivity index (χ3v) is 5.33. The summed E-state index contributed by atoms with van der Waals surface area (Å²) < 4.78 is 17.1. The summed E-state index contributed by atoms with van der Waals surface area (Å²) in [6.07, 6.45) is 2.57. The summed E-state index contributed by atoms with van der Waals surface area (Å²) in [5.74, 6) is 0.0448. The molecule has 9 nitrogen and oxygen atoms in total. The number of nitrogens with zero attached hydrogens (tertiary/aromatic N) is 2. The quantitative estimate of drug-likeness (QED) is 0.471. The van der Waals surface area contributed by atoms with Crippen molar-refractivity contribution in [2.75, 3.05) is 26.1 Å². The van der Waals surface area contributed by atoms with Crippen LogP contribution in [0, 0.1) is 0 Å². The molecule has 0 bridgehead atoms. The number of hydrogen-bond acceptors (Lipinski definition) is 7. The molecule has 0 atom stereocenters. The molecule has 0 saturated carbocycles. The Hall–Kier alpha value is -4.14. The fourth-order valence-electron chi connectivity index (χ4n) is 3.75. The topological polar surface area (TPSA) is 109 Å². The Morgan fingerprint density at radius 3 is 2.70 bits per heavy atom. The summed E-state index contributed by atoms with van der Waals surface area (Å²) in [5.41, 5.74) is 2.28. The van der Waals surface area contributed by atoms with E-state index in [-0.39, 0.29) is 12.2 Å². The number of benzene rings is 2. The number of fused-ring (bicyclic) bond motifs is 2. The number of anilines is 1. The molecule has 0 radical (unpaired) electrons. The Bertz CT molecular complexity index is 1340. The molecule has 33 heavy (non-hydrogen) atoms. The van der Waals surface area contributed by atoms with Crippen molar-refractivity contribution in [2.45, 2.75) is 19.9 Å². The number of amides is 1. The van der Waals surface area contributed by atoms with E-state index in [1.807, 2.05) is 24.3 Å². The number of allylic oxidation sites excluding steroid dienone is 1. The van der Waals surface area contributed by atoms with Gasteiger partial charge < -0.3 is 19.5 Å². The number of aromatic nitrogens is 2. The minimum atomic E-state index is -0.975. The molecule has 1 aliphatic rings. The van der Waals surface area contributed by atoms with Gasteiger partial charge in [0.2, 0.25) is 0 Å². The molecule has 9 heteroatoms. The normalized spacial score (nSPS) is 13.6. The molecule has 3 aromatic rings. The van der Waals surface area contributed by atoms with E-state index in [1.54, 1.807) is 43.9 Å². The number of esters is 1. The van der Waals surface area contributed by atoms with Crippen molar-refractivity contribution in [1.82, 2.24) is 9.55 Å². The van der Waals surface area contributed by atoms with Gasteiger partial charge in [-0.1, -0.05) is 0 Å². The fourth-order valence-corrected chi connectivity index (χ4v) is 3.75. The Kier molecular flexibility index (Phi) is 6.12. The lowest BCUT2D eigenvalue weighted by atomic mass is 10.1. The molecular formula is C24H23N3O6. The highest BCUT2D eigenvalue weighted by Crippen LogP contribution is 2.32. The highest BCUT2D eigenvalue weighted by atomic mass is 16.5. The molecule has 1 aliphatic heterocycles. The van der Waals surface area contributed by atoms with Crippen LogP contribution in [0.2, 0.25) is 0 Å². The number of hydrogen-bond donors (Lipinski definition) is 1. The van der Waals surface area contributed by atoms with Gasteiger partial charge in [0.25, 0.3) is 5.56 Å². The second-order valence-electron chi connectivity index (χ2n) is 7.33. The molecule has 2 heterocycles. The summed E-state index contributed by atoms with van der Waals surface area (Å²) in [7, 11) is 3.18. The van der Waals surface area contributed by atoms with Crippen molar-refractivity contribution in [3.05, 3.63) is 58.1 Å². The van der Waals surface area contributed by atoms with Gasteiger partial charge in [0.1, 0.15) is 17.3 Å². The molecular weight excluding hydrogens is 426 g/mol. The molecule has 1 aromatic heterocycles. The molecule has 0 fully saturated rings. The van der Waals surface area contributed by atoms with Crippen LogP contribution in [-0.2, 0) is 20.9 Å². The molecule has 4 rings (SSSR count). The van der Waals surface area contributed by atoms with E-state index in [1.165, 1.54) is 0 Å². The number of methoxy groups -OCH3 is 2. The first-order valence-electron chi connectivity index (χ1n) is 10.4. The van der Waals surface area contributed by atoms with Gasteiger partial charge in [0.15, 0.2) is 0 Å².